The first-order valence-corrected chi connectivity index (χ1v) is 21.8. The van der Waals surface area contributed by atoms with Crippen LogP contribution in [0.5, 0.6) is 11.5 Å². The Hall–Kier alpha value is -3.15. The Bertz CT molecular complexity index is 1260. The molecule has 298 valence electrons. The van der Waals surface area contributed by atoms with E-state index in [1.807, 2.05) is 0 Å². The monoisotopic (exact) mass is 735 g/mol. The van der Waals surface area contributed by atoms with Crippen molar-refractivity contribution in [3.8, 4) is 11.5 Å². The number of hydrogen-bond donors (Lipinski definition) is 0. The summed E-state index contributed by atoms with van der Waals surface area (Å²) in [4.78, 5) is 38.0. The summed E-state index contributed by atoms with van der Waals surface area (Å²) in [6.45, 7) is 5.52. The first-order chi connectivity index (χ1) is 26.0. The smallest absolute Gasteiger partial charge is 0.343 e. The summed E-state index contributed by atoms with van der Waals surface area (Å²) in [6.07, 6.45) is 36.2. The second-order valence-corrected chi connectivity index (χ2v) is 14.9. The van der Waals surface area contributed by atoms with Crippen LogP contribution in [0.1, 0.15) is 214 Å². The number of carbonyl (C=O) groups excluding carboxylic acids is 2. The summed E-state index contributed by atoms with van der Waals surface area (Å²) < 4.78 is 16.7. The second-order valence-electron chi connectivity index (χ2n) is 14.9. The molecule has 0 bridgehead atoms. The molecular formula is C47H74O6. The molecule has 0 radical (unpaired) electrons. The average Bonchev–Trinajstić information content (AvgIpc) is 3.35. The maximum Gasteiger partial charge on any atom is 0.343 e. The molecule has 2 aromatic carbocycles. The number of benzene rings is 1. The molecule has 0 spiro atoms. The highest BCUT2D eigenvalue weighted by Crippen LogP contribution is 2.17. The van der Waals surface area contributed by atoms with E-state index in [4.69, 9.17) is 14.2 Å². The van der Waals surface area contributed by atoms with Crippen molar-refractivity contribution in [2.24, 2.45) is 0 Å². The minimum atomic E-state index is -0.645. The molecule has 0 aliphatic rings. The van der Waals surface area contributed by atoms with Crippen LogP contribution in [0.4, 0.5) is 0 Å². The zero-order valence-corrected chi connectivity index (χ0v) is 33.8. The maximum atomic E-state index is 12.8. The van der Waals surface area contributed by atoms with Gasteiger partial charge < -0.3 is 14.2 Å². The van der Waals surface area contributed by atoms with Gasteiger partial charge in [-0.2, -0.15) is 0 Å². The summed E-state index contributed by atoms with van der Waals surface area (Å²) in [5.41, 5.74) is 0.0695. The lowest BCUT2D eigenvalue weighted by Gasteiger charge is -2.07. The Morgan fingerprint density at radius 2 is 0.774 bits per heavy atom. The van der Waals surface area contributed by atoms with E-state index >= 15 is 0 Å². The molecule has 0 atom stereocenters. The molecule has 2 aromatic rings. The lowest BCUT2D eigenvalue weighted by molar-refractivity contribution is 0.0497. The SMILES string of the molecule is CCCCCCCCCCCCCCCCOC(=O)c1ccc(OC(=O)c2ccc(OCCCCCCCCCCCCCCCC)cc2)c(=O)cc1. The lowest BCUT2D eigenvalue weighted by Crippen LogP contribution is -2.13. The Morgan fingerprint density at radius 3 is 1.23 bits per heavy atom. The van der Waals surface area contributed by atoms with Gasteiger partial charge in [0.15, 0.2) is 5.75 Å². The van der Waals surface area contributed by atoms with Gasteiger partial charge in [-0.1, -0.05) is 181 Å². The van der Waals surface area contributed by atoms with Crippen LogP contribution < -0.4 is 14.9 Å². The highest BCUT2D eigenvalue weighted by atomic mass is 16.5. The Balaban J connectivity index is 1.55. The predicted octanol–water partition coefficient (Wildman–Crippen LogP) is 13.8. The Kier molecular flexibility index (Phi) is 28.0. The fraction of sp³-hybridized carbons (Fsp3) is 0.681. The van der Waals surface area contributed by atoms with Crippen molar-refractivity contribution in [2.75, 3.05) is 13.2 Å². The van der Waals surface area contributed by atoms with E-state index in [-0.39, 0.29) is 11.3 Å². The fourth-order valence-corrected chi connectivity index (χ4v) is 6.65. The van der Waals surface area contributed by atoms with Gasteiger partial charge in [0.25, 0.3) is 0 Å². The third kappa shape index (κ3) is 24.0. The molecule has 0 fully saturated rings. The van der Waals surface area contributed by atoms with Gasteiger partial charge in [-0.15, -0.1) is 0 Å². The molecule has 0 heterocycles. The number of hydrogen-bond acceptors (Lipinski definition) is 6. The van der Waals surface area contributed by atoms with Gasteiger partial charge >= 0.3 is 11.9 Å². The van der Waals surface area contributed by atoms with E-state index < -0.39 is 17.4 Å². The van der Waals surface area contributed by atoms with Crippen molar-refractivity contribution in [1.29, 1.82) is 0 Å². The van der Waals surface area contributed by atoms with Crippen LogP contribution in [0.25, 0.3) is 0 Å². The van der Waals surface area contributed by atoms with E-state index in [0.717, 1.165) is 32.1 Å². The molecule has 0 aromatic heterocycles. The van der Waals surface area contributed by atoms with Gasteiger partial charge in [0.05, 0.1) is 24.3 Å². The van der Waals surface area contributed by atoms with Crippen LogP contribution in [-0.2, 0) is 4.74 Å². The van der Waals surface area contributed by atoms with Crippen molar-refractivity contribution in [1.82, 2.24) is 0 Å². The van der Waals surface area contributed by atoms with Crippen LogP contribution in [0.3, 0.4) is 0 Å². The van der Waals surface area contributed by atoms with Crippen LogP contribution in [-0.4, -0.2) is 25.2 Å². The van der Waals surface area contributed by atoms with Gasteiger partial charge in [0, 0.05) is 0 Å². The van der Waals surface area contributed by atoms with Crippen molar-refractivity contribution in [3.63, 3.8) is 0 Å². The number of carbonyl (C=O) groups is 2. The van der Waals surface area contributed by atoms with Crippen molar-refractivity contribution in [2.45, 2.75) is 194 Å². The van der Waals surface area contributed by atoms with Crippen molar-refractivity contribution in [3.05, 3.63) is 69.9 Å². The van der Waals surface area contributed by atoms with Crippen molar-refractivity contribution >= 4 is 11.9 Å². The molecule has 0 aliphatic heterocycles. The molecule has 0 unspecified atom stereocenters. The fourth-order valence-electron chi connectivity index (χ4n) is 6.65. The minimum absolute atomic E-state index is 0.140. The number of unbranched alkanes of at least 4 members (excludes halogenated alkanes) is 26. The van der Waals surface area contributed by atoms with Gasteiger partial charge in [0.2, 0.25) is 5.43 Å². The molecule has 6 heteroatoms. The van der Waals surface area contributed by atoms with E-state index in [9.17, 15) is 14.4 Å². The predicted molar refractivity (Wildman–Crippen MR) is 221 cm³/mol. The molecule has 53 heavy (non-hydrogen) atoms. The van der Waals surface area contributed by atoms with Crippen LogP contribution in [0.2, 0.25) is 0 Å². The molecule has 0 amide bonds. The topological polar surface area (TPSA) is 78.9 Å². The first kappa shape index (κ1) is 46.0. The Labute approximate surface area is 323 Å². The first-order valence-electron chi connectivity index (χ1n) is 21.8. The summed E-state index contributed by atoms with van der Waals surface area (Å²) in [5, 5.41) is 0. The highest BCUT2D eigenvalue weighted by Gasteiger charge is 2.13. The summed E-state index contributed by atoms with van der Waals surface area (Å²) in [7, 11) is 0. The molecule has 6 nitrogen and oxygen atoms in total. The number of esters is 2. The highest BCUT2D eigenvalue weighted by molar-refractivity contribution is 5.91. The second kappa shape index (κ2) is 32.3. The zero-order valence-electron chi connectivity index (χ0n) is 33.8. The van der Waals surface area contributed by atoms with Gasteiger partial charge in [-0.25, -0.2) is 9.59 Å². The van der Waals surface area contributed by atoms with E-state index in [2.05, 4.69) is 13.8 Å². The normalized spacial score (nSPS) is 11.1. The summed E-state index contributed by atoms with van der Waals surface area (Å²) >= 11 is 0. The van der Waals surface area contributed by atoms with Gasteiger partial charge in [-0.05, 0) is 61.4 Å². The molecule has 0 saturated heterocycles. The maximum absolute atomic E-state index is 12.8. The summed E-state index contributed by atoms with van der Waals surface area (Å²) in [5.74, 6) is -0.575. The van der Waals surface area contributed by atoms with Crippen molar-refractivity contribution < 1.29 is 23.8 Å². The number of ether oxygens (including phenoxy) is 3. The molecular weight excluding hydrogens is 661 g/mol. The standard InChI is InChI=1S/C47H74O6/c1-3-5-7-9-11-13-15-17-19-21-23-25-27-29-39-51-43-35-31-42(32-36-43)47(50)53-45-38-34-41(33-37-44(45)48)46(49)52-40-30-28-26-24-22-20-18-16-14-12-10-8-6-4-2/h31-38H,3-30,39-40H2,1-2H3. The minimum Gasteiger partial charge on any atom is -0.494 e. The van der Waals surface area contributed by atoms with Crippen LogP contribution in [0.15, 0.2) is 53.3 Å². The molecule has 0 saturated carbocycles. The molecule has 0 aliphatic carbocycles. The summed E-state index contributed by atoms with van der Waals surface area (Å²) in [6, 6.07) is 12.2. The van der Waals surface area contributed by atoms with E-state index in [1.165, 1.54) is 172 Å². The lowest BCUT2D eigenvalue weighted by atomic mass is 10.0. The van der Waals surface area contributed by atoms with E-state index in [0.29, 0.717) is 24.5 Å². The molecule has 0 N–H and O–H groups in total. The third-order valence-electron chi connectivity index (χ3n) is 10.1. The average molecular weight is 735 g/mol. The van der Waals surface area contributed by atoms with Gasteiger partial charge in [-0.3, -0.25) is 4.79 Å². The Morgan fingerprint density at radius 1 is 0.415 bits per heavy atom. The quantitative estimate of drug-likeness (QED) is 0.0526. The van der Waals surface area contributed by atoms with Crippen LogP contribution in [0, 0.1) is 0 Å². The van der Waals surface area contributed by atoms with E-state index in [1.54, 1.807) is 24.3 Å². The van der Waals surface area contributed by atoms with Crippen LogP contribution >= 0.6 is 0 Å². The van der Waals surface area contributed by atoms with Gasteiger partial charge in [0.1, 0.15) is 5.75 Å². The molecule has 2 rings (SSSR count). The number of rotatable bonds is 34. The zero-order chi connectivity index (χ0) is 38.0. The largest absolute Gasteiger partial charge is 0.494 e. The third-order valence-corrected chi connectivity index (χ3v) is 10.1.